The molecule has 1 saturated carbocycles. The zero-order chi connectivity index (χ0) is 11.8. The second kappa shape index (κ2) is 4.46. The van der Waals surface area contributed by atoms with E-state index in [1.54, 1.807) is 0 Å². The largest absolute Gasteiger partial charge is 0.331 e. The number of H-pyrrole nitrogens is 1. The summed E-state index contributed by atoms with van der Waals surface area (Å²) in [5, 5.41) is 0.766. The van der Waals surface area contributed by atoms with Gasteiger partial charge in [0.2, 0.25) is 0 Å². The van der Waals surface area contributed by atoms with E-state index >= 15 is 0 Å². The van der Waals surface area contributed by atoms with Crippen LogP contribution in [0.1, 0.15) is 25.7 Å². The number of aryl methyl sites for hydroxylation is 1. The van der Waals surface area contributed by atoms with Gasteiger partial charge in [-0.05, 0) is 49.2 Å². The van der Waals surface area contributed by atoms with Crippen molar-refractivity contribution in [2.75, 3.05) is 0 Å². The quantitative estimate of drug-likeness (QED) is 0.806. The molecule has 0 amide bonds. The number of benzene rings is 1. The Kier molecular flexibility index (Phi) is 2.97. The van der Waals surface area contributed by atoms with Crippen LogP contribution in [0.5, 0.6) is 0 Å². The Morgan fingerprint density at radius 1 is 1.41 bits per heavy atom. The second-order valence-corrected chi connectivity index (χ2v) is 5.65. The van der Waals surface area contributed by atoms with E-state index in [0.717, 1.165) is 33.3 Å². The van der Waals surface area contributed by atoms with Crippen LogP contribution in [0.2, 0.25) is 5.02 Å². The normalized spacial score (nSPS) is 15.6. The molecule has 1 aromatic carbocycles. The predicted octanol–water partition coefficient (Wildman–Crippen LogP) is 4.54. The molecule has 4 heteroatoms. The van der Waals surface area contributed by atoms with Crippen LogP contribution < -0.4 is 0 Å². The van der Waals surface area contributed by atoms with Crippen LogP contribution >= 0.6 is 23.8 Å². The van der Waals surface area contributed by atoms with Crippen LogP contribution in [0.25, 0.3) is 11.0 Å². The van der Waals surface area contributed by atoms with Gasteiger partial charge in [0.25, 0.3) is 0 Å². The zero-order valence-corrected chi connectivity index (χ0v) is 11.2. The third-order valence-electron chi connectivity index (χ3n) is 3.43. The van der Waals surface area contributed by atoms with E-state index in [9.17, 15) is 0 Å². The van der Waals surface area contributed by atoms with E-state index < -0.39 is 0 Å². The van der Waals surface area contributed by atoms with Crippen molar-refractivity contribution in [2.24, 2.45) is 5.92 Å². The minimum Gasteiger partial charge on any atom is -0.331 e. The first kappa shape index (κ1) is 11.3. The summed E-state index contributed by atoms with van der Waals surface area (Å²) in [4.78, 5) is 3.23. The summed E-state index contributed by atoms with van der Waals surface area (Å²) < 4.78 is 2.97. The van der Waals surface area contributed by atoms with Crippen molar-refractivity contribution in [3.8, 4) is 0 Å². The van der Waals surface area contributed by atoms with Gasteiger partial charge in [0.05, 0.1) is 11.0 Å². The highest BCUT2D eigenvalue weighted by molar-refractivity contribution is 7.71. The molecule has 0 bridgehead atoms. The summed E-state index contributed by atoms with van der Waals surface area (Å²) in [7, 11) is 0. The lowest BCUT2D eigenvalue weighted by molar-refractivity contribution is 0.582. The van der Waals surface area contributed by atoms with Gasteiger partial charge in [0.15, 0.2) is 4.77 Å². The lowest BCUT2D eigenvalue weighted by atomic mass is 10.2. The van der Waals surface area contributed by atoms with Gasteiger partial charge < -0.3 is 9.55 Å². The molecule has 17 heavy (non-hydrogen) atoms. The van der Waals surface area contributed by atoms with E-state index in [2.05, 4.69) is 9.55 Å². The third-order valence-corrected chi connectivity index (χ3v) is 3.99. The number of nitrogens with one attached hydrogen (secondary N) is 1. The first-order chi connectivity index (χ1) is 8.24. The molecular weight excluding hydrogens is 252 g/mol. The summed E-state index contributed by atoms with van der Waals surface area (Å²) in [6, 6.07) is 5.87. The first-order valence-corrected chi connectivity index (χ1v) is 6.91. The van der Waals surface area contributed by atoms with Gasteiger partial charge in [-0.3, -0.25) is 0 Å². The van der Waals surface area contributed by atoms with Gasteiger partial charge in [-0.1, -0.05) is 24.4 Å². The Morgan fingerprint density at radius 2 is 2.24 bits per heavy atom. The Morgan fingerprint density at radius 3 is 3.00 bits per heavy atom. The van der Waals surface area contributed by atoms with Gasteiger partial charge in [0, 0.05) is 11.6 Å². The second-order valence-electron chi connectivity index (χ2n) is 4.83. The smallest absolute Gasteiger partial charge is 0.178 e. The van der Waals surface area contributed by atoms with E-state index in [4.69, 9.17) is 23.8 Å². The van der Waals surface area contributed by atoms with Crippen molar-refractivity contribution in [1.82, 2.24) is 9.55 Å². The molecule has 0 atom stereocenters. The SMILES string of the molecule is S=c1[nH]c2ccc(Cl)cc2n1CCCC1CC1. The van der Waals surface area contributed by atoms with Gasteiger partial charge in [0.1, 0.15) is 0 Å². The number of aromatic nitrogens is 2. The Bertz CT molecular complexity index is 595. The van der Waals surface area contributed by atoms with Crippen LogP contribution in [-0.2, 0) is 6.54 Å². The Balaban J connectivity index is 1.87. The highest BCUT2D eigenvalue weighted by Gasteiger charge is 2.20. The van der Waals surface area contributed by atoms with Crippen molar-refractivity contribution in [3.05, 3.63) is 28.0 Å². The molecule has 0 unspecified atom stereocenters. The van der Waals surface area contributed by atoms with E-state index in [1.165, 1.54) is 25.7 Å². The van der Waals surface area contributed by atoms with Crippen molar-refractivity contribution in [1.29, 1.82) is 0 Å². The maximum atomic E-state index is 6.03. The first-order valence-electron chi connectivity index (χ1n) is 6.12. The van der Waals surface area contributed by atoms with Crippen LogP contribution in [0.15, 0.2) is 18.2 Å². The minimum absolute atomic E-state index is 0.766. The maximum Gasteiger partial charge on any atom is 0.178 e. The standard InChI is InChI=1S/C13H15ClN2S/c14-10-5-6-11-12(8-10)16(13(17)15-11)7-1-2-9-3-4-9/h5-6,8-9H,1-4,7H2,(H,15,17). The number of fused-ring (bicyclic) bond motifs is 1. The molecule has 1 aliphatic rings. The van der Waals surface area contributed by atoms with E-state index in [0.29, 0.717) is 0 Å². The van der Waals surface area contributed by atoms with Gasteiger partial charge in [-0.2, -0.15) is 0 Å². The number of halogens is 1. The molecule has 2 aromatic rings. The summed E-state index contributed by atoms with van der Waals surface area (Å²) in [6.07, 6.45) is 5.38. The fraction of sp³-hybridized carbons (Fsp3) is 0.462. The zero-order valence-electron chi connectivity index (χ0n) is 9.58. The van der Waals surface area contributed by atoms with Crippen LogP contribution in [0.3, 0.4) is 0 Å². The molecule has 1 aliphatic carbocycles. The van der Waals surface area contributed by atoms with Gasteiger partial charge in [-0.25, -0.2) is 0 Å². The molecule has 3 rings (SSSR count). The molecule has 0 aliphatic heterocycles. The minimum atomic E-state index is 0.766. The number of imidazole rings is 1. The number of nitrogens with zero attached hydrogens (tertiary/aromatic N) is 1. The van der Waals surface area contributed by atoms with Crippen LogP contribution in [0.4, 0.5) is 0 Å². The number of aromatic amines is 1. The molecule has 2 nitrogen and oxygen atoms in total. The number of hydrogen-bond acceptors (Lipinski definition) is 1. The molecule has 0 radical (unpaired) electrons. The highest BCUT2D eigenvalue weighted by Crippen LogP contribution is 2.33. The average Bonchev–Trinajstić information content (AvgIpc) is 3.06. The lowest BCUT2D eigenvalue weighted by Gasteiger charge is -2.04. The van der Waals surface area contributed by atoms with Crippen molar-refractivity contribution in [3.63, 3.8) is 0 Å². The van der Waals surface area contributed by atoms with Gasteiger partial charge >= 0.3 is 0 Å². The summed E-state index contributed by atoms with van der Waals surface area (Å²) in [5.74, 6) is 0.984. The predicted molar refractivity (Wildman–Crippen MR) is 74.1 cm³/mol. The summed E-state index contributed by atoms with van der Waals surface area (Å²) >= 11 is 11.4. The molecule has 1 heterocycles. The summed E-state index contributed by atoms with van der Waals surface area (Å²) in [6.45, 7) is 0.996. The van der Waals surface area contributed by atoms with Crippen LogP contribution in [0, 0.1) is 10.7 Å². The molecule has 1 aromatic heterocycles. The molecule has 0 spiro atoms. The van der Waals surface area contributed by atoms with Gasteiger partial charge in [-0.15, -0.1) is 0 Å². The Hall–Kier alpha value is -0.800. The van der Waals surface area contributed by atoms with Crippen LogP contribution in [-0.4, -0.2) is 9.55 Å². The Labute approximate surface area is 111 Å². The van der Waals surface area contributed by atoms with Crippen molar-refractivity contribution < 1.29 is 0 Å². The monoisotopic (exact) mass is 266 g/mol. The maximum absolute atomic E-state index is 6.03. The molecule has 0 saturated heterocycles. The van der Waals surface area contributed by atoms with Crippen molar-refractivity contribution in [2.45, 2.75) is 32.2 Å². The van der Waals surface area contributed by atoms with E-state index in [1.807, 2.05) is 18.2 Å². The molecular formula is C13H15ClN2S. The highest BCUT2D eigenvalue weighted by atomic mass is 35.5. The summed E-state index contributed by atoms with van der Waals surface area (Å²) in [5.41, 5.74) is 2.20. The topological polar surface area (TPSA) is 20.7 Å². The third kappa shape index (κ3) is 2.40. The molecule has 90 valence electrons. The van der Waals surface area contributed by atoms with E-state index in [-0.39, 0.29) is 0 Å². The molecule has 1 fully saturated rings. The fourth-order valence-electron chi connectivity index (χ4n) is 2.29. The average molecular weight is 267 g/mol. The lowest BCUT2D eigenvalue weighted by Crippen LogP contribution is -1.98. The fourth-order valence-corrected chi connectivity index (χ4v) is 2.76. The number of rotatable bonds is 4. The molecule has 1 N–H and O–H groups in total. The van der Waals surface area contributed by atoms with Crippen molar-refractivity contribution >= 4 is 34.9 Å². The number of hydrogen-bond donors (Lipinski definition) is 1.